The molecule has 0 saturated heterocycles. The van der Waals surface area contributed by atoms with E-state index in [-0.39, 0.29) is 12.0 Å². The minimum absolute atomic E-state index is 0.0825. The van der Waals surface area contributed by atoms with Gasteiger partial charge in [0.2, 0.25) is 0 Å². The molecule has 1 atom stereocenters. The van der Waals surface area contributed by atoms with Gasteiger partial charge in [-0.2, -0.15) is 0 Å². The normalized spacial score (nSPS) is 14.4. The summed E-state index contributed by atoms with van der Waals surface area (Å²) < 4.78 is 5.29. The molecule has 0 aliphatic heterocycles. The van der Waals surface area contributed by atoms with Crippen molar-refractivity contribution in [2.24, 2.45) is 5.41 Å². The van der Waals surface area contributed by atoms with Crippen molar-refractivity contribution in [2.45, 2.75) is 59.2 Å². The Labute approximate surface area is 105 Å². The summed E-state index contributed by atoms with van der Waals surface area (Å²) in [6, 6.07) is 0. The van der Waals surface area contributed by atoms with Gasteiger partial charge in [0.1, 0.15) is 0 Å². The van der Waals surface area contributed by atoms with E-state index in [2.05, 4.69) is 20.8 Å². The van der Waals surface area contributed by atoms with Crippen LogP contribution in [0.2, 0.25) is 0 Å². The number of aliphatic hydroxyl groups excluding tert-OH is 2. The van der Waals surface area contributed by atoms with Crippen LogP contribution in [0.5, 0.6) is 0 Å². The Hall–Kier alpha value is -0.380. The summed E-state index contributed by atoms with van der Waals surface area (Å²) in [5.74, 6) is 0. The second-order valence-electron chi connectivity index (χ2n) is 5.62. The van der Waals surface area contributed by atoms with E-state index in [0.717, 1.165) is 32.1 Å². The van der Waals surface area contributed by atoms with Gasteiger partial charge in [0.05, 0.1) is 6.61 Å². The number of unbranched alkanes of at least 4 members (excludes halogenated alkanes) is 4. The smallest absolute Gasteiger partial charge is 0.174 e. The Kier molecular flexibility index (Phi) is 9.41. The van der Waals surface area contributed by atoms with Gasteiger partial charge < -0.3 is 14.9 Å². The maximum Gasteiger partial charge on any atom is 0.174 e. The largest absolute Gasteiger partial charge is 0.396 e. The van der Waals surface area contributed by atoms with Crippen LogP contribution in [0.4, 0.5) is 0 Å². The minimum Gasteiger partial charge on any atom is -0.396 e. The summed E-state index contributed by atoms with van der Waals surface area (Å²) in [4.78, 5) is 0. The average Bonchev–Trinajstić information content (AvgIpc) is 2.24. The Bertz CT molecular complexity index is 194. The Morgan fingerprint density at radius 3 is 2.35 bits per heavy atom. The molecule has 102 valence electrons. The number of aliphatic hydroxyl groups is 2. The highest BCUT2D eigenvalue weighted by Crippen LogP contribution is 2.14. The third kappa shape index (κ3) is 13.6. The number of allylic oxidation sites excluding steroid dienone is 1. The Morgan fingerprint density at radius 2 is 1.76 bits per heavy atom. The van der Waals surface area contributed by atoms with Crippen LogP contribution in [0, 0.1) is 5.41 Å². The van der Waals surface area contributed by atoms with Crippen molar-refractivity contribution in [3.63, 3.8) is 0 Å². The molecule has 0 amide bonds. The van der Waals surface area contributed by atoms with Crippen molar-refractivity contribution in [1.29, 1.82) is 0 Å². The molecule has 0 aromatic carbocycles. The molecule has 0 aromatic rings. The molecule has 0 bridgehead atoms. The summed E-state index contributed by atoms with van der Waals surface area (Å²) in [5.41, 5.74) is 0.0825. The SMILES string of the molecule is CC(C)(C)COC(O)C=CCCCCCCO. The van der Waals surface area contributed by atoms with Crippen LogP contribution in [0.1, 0.15) is 52.9 Å². The molecule has 0 spiro atoms. The fourth-order valence-electron chi connectivity index (χ4n) is 1.33. The Morgan fingerprint density at radius 1 is 1.12 bits per heavy atom. The molecule has 0 fully saturated rings. The average molecular weight is 244 g/mol. The lowest BCUT2D eigenvalue weighted by molar-refractivity contribution is -0.0871. The summed E-state index contributed by atoms with van der Waals surface area (Å²) in [6.45, 7) is 7.06. The first-order valence-electron chi connectivity index (χ1n) is 6.53. The fraction of sp³-hybridized carbons (Fsp3) is 0.857. The molecular formula is C14H28O3. The van der Waals surface area contributed by atoms with E-state index in [1.54, 1.807) is 6.08 Å². The van der Waals surface area contributed by atoms with Gasteiger partial charge in [-0.15, -0.1) is 0 Å². The lowest BCUT2D eigenvalue weighted by Crippen LogP contribution is -2.20. The molecule has 0 heterocycles. The molecule has 17 heavy (non-hydrogen) atoms. The fourth-order valence-corrected chi connectivity index (χ4v) is 1.33. The number of hydrogen-bond acceptors (Lipinski definition) is 3. The van der Waals surface area contributed by atoms with E-state index in [0.29, 0.717) is 6.61 Å². The van der Waals surface area contributed by atoms with E-state index >= 15 is 0 Å². The topological polar surface area (TPSA) is 49.7 Å². The predicted molar refractivity (Wildman–Crippen MR) is 70.7 cm³/mol. The van der Waals surface area contributed by atoms with Crippen molar-refractivity contribution >= 4 is 0 Å². The summed E-state index contributed by atoms with van der Waals surface area (Å²) >= 11 is 0. The quantitative estimate of drug-likeness (QED) is 0.372. The van der Waals surface area contributed by atoms with Gasteiger partial charge >= 0.3 is 0 Å². The summed E-state index contributed by atoms with van der Waals surface area (Å²) in [7, 11) is 0. The van der Waals surface area contributed by atoms with Gasteiger partial charge in [0.25, 0.3) is 0 Å². The highest BCUT2D eigenvalue weighted by atomic mass is 16.6. The zero-order valence-corrected chi connectivity index (χ0v) is 11.5. The molecule has 0 rings (SSSR count). The number of rotatable bonds is 9. The zero-order chi connectivity index (χ0) is 13.1. The van der Waals surface area contributed by atoms with Gasteiger partial charge in [-0.1, -0.05) is 39.7 Å². The van der Waals surface area contributed by atoms with Crippen LogP contribution in [-0.2, 0) is 4.74 Å². The van der Waals surface area contributed by atoms with Gasteiger partial charge in [0, 0.05) is 6.61 Å². The van der Waals surface area contributed by atoms with Crippen molar-refractivity contribution in [3.05, 3.63) is 12.2 Å². The van der Waals surface area contributed by atoms with Crippen LogP contribution in [0.15, 0.2) is 12.2 Å². The van der Waals surface area contributed by atoms with Crippen LogP contribution in [0.3, 0.4) is 0 Å². The first-order chi connectivity index (χ1) is 7.95. The van der Waals surface area contributed by atoms with Crippen LogP contribution in [-0.4, -0.2) is 29.7 Å². The molecular weight excluding hydrogens is 216 g/mol. The molecule has 0 aromatic heterocycles. The third-order valence-corrected chi connectivity index (χ3v) is 2.27. The van der Waals surface area contributed by atoms with E-state index in [9.17, 15) is 5.11 Å². The van der Waals surface area contributed by atoms with E-state index < -0.39 is 6.29 Å². The summed E-state index contributed by atoms with van der Waals surface area (Å²) in [5, 5.41) is 18.1. The van der Waals surface area contributed by atoms with Crippen molar-refractivity contribution in [3.8, 4) is 0 Å². The molecule has 0 aliphatic carbocycles. The molecule has 1 unspecified atom stereocenters. The van der Waals surface area contributed by atoms with Crippen molar-refractivity contribution < 1.29 is 14.9 Å². The van der Waals surface area contributed by atoms with Gasteiger partial charge in [-0.25, -0.2) is 0 Å². The van der Waals surface area contributed by atoms with Crippen LogP contribution in [0.25, 0.3) is 0 Å². The molecule has 0 radical (unpaired) electrons. The predicted octanol–water partition coefficient (Wildman–Crippen LogP) is 2.87. The first-order valence-corrected chi connectivity index (χ1v) is 6.53. The lowest BCUT2D eigenvalue weighted by Gasteiger charge is -2.19. The van der Waals surface area contributed by atoms with Crippen molar-refractivity contribution in [1.82, 2.24) is 0 Å². The maximum absolute atomic E-state index is 9.51. The Balaban J connectivity index is 3.44. The number of ether oxygens (including phenoxy) is 1. The monoisotopic (exact) mass is 244 g/mol. The second kappa shape index (κ2) is 9.63. The highest BCUT2D eigenvalue weighted by molar-refractivity contribution is 4.84. The van der Waals surface area contributed by atoms with Gasteiger partial charge in [-0.3, -0.25) is 0 Å². The van der Waals surface area contributed by atoms with Crippen LogP contribution < -0.4 is 0 Å². The van der Waals surface area contributed by atoms with E-state index in [4.69, 9.17) is 9.84 Å². The first kappa shape index (κ1) is 16.6. The van der Waals surface area contributed by atoms with E-state index in [1.165, 1.54) is 0 Å². The number of hydrogen-bond donors (Lipinski definition) is 2. The molecule has 3 heteroatoms. The standard InChI is InChI=1S/C14H28O3/c1-14(2,3)12-17-13(16)10-8-6-4-5-7-9-11-15/h8,10,13,15-16H,4-7,9,11-12H2,1-3H3. The third-order valence-electron chi connectivity index (χ3n) is 2.27. The lowest BCUT2D eigenvalue weighted by atomic mass is 9.99. The molecule has 2 N–H and O–H groups in total. The summed E-state index contributed by atoms with van der Waals surface area (Å²) in [6.07, 6.45) is 8.04. The minimum atomic E-state index is -0.785. The molecule has 0 aliphatic rings. The van der Waals surface area contributed by atoms with Gasteiger partial charge in [-0.05, 0) is 30.8 Å². The maximum atomic E-state index is 9.51. The highest BCUT2D eigenvalue weighted by Gasteiger charge is 2.11. The van der Waals surface area contributed by atoms with Crippen molar-refractivity contribution in [2.75, 3.05) is 13.2 Å². The van der Waals surface area contributed by atoms with Gasteiger partial charge in [0.15, 0.2) is 6.29 Å². The molecule has 3 nitrogen and oxygen atoms in total. The van der Waals surface area contributed by atoms with Crippen LogP contribution >= 0.6 is 0 Å². The second-order valence-corrected chi connectivity index (χ2v) is 5.62. The van der Waals surface area contributed by atoms with E-state index in [1.807, 2.05) is 6.08 Å². The molecule has 0 saturated carbocycles. The zero-order valence-electron chi connectivity index (χ0n) is 11.5.